The summed E-state index contributed by atoms with van der Waals surface area (Å²) in [7, 11) is 0. The van der Waals surface area contributed by atoms with E-state index in [0.717, 1.165) is 35.7 Å². The SMILES string of the molecule is O=C1NC(=O)C(CC2CCc3cc(Oc4cccc(OC(F)(F)F)c4)ccc32)S1. The Morgan fingerprint density at radius 1 is 1.07 bits per heavy atom. The predicted molar refractivity (Wildman–Crippen MR) is 100 cm³/mol. The standard InChI is InChI=1S/C20H16F3NO4S/c21-20(22,23)28-15-3-1-2-13(10-15)27-14-6-7-16-11(8-14)4-5-12(16)9-17-18(25)24-19(26)29-17/h1-3,6-8,10,12,17H,4-5,9H2,(H,24,25,26). The van der Waals surface area contributed by atoms with Crippen molar-refractivity contribution >= 4 is 22.9 Å². The molecule has 2 aromatic carbocycles. The third-order valence-corrected chi connectivity index (χ3v) is 5.86. The third-order valence-electron chi connectivity index (χ3n) is 4.86. The van der Waals surface area contributed by atoms with Gasteiger partial charge in [0, 0.05) is 6.07 Å². The minimum atomic E-state index is -4.76. The Hall–Kier alpha value is -2.68. The number of amides is 2. The van der Waals surface area contributed by atoms with E-state index in [1.165, 1.54) is 18.2 Å². The number of fused-ring (bicyclic) bond motifs is 1. The van der Waals surface area contributed by atoms with E-state index in [1.807, 2.05) is 12.1 Å². The van der Waals surface area contributed by atoms with Crippen LogP contribution in [0.1, 0.15) is 29.9 Å². The minimum Gasteiger partial charge on any atom is -0.457 e. The van der Waals surface area contributed by atoms with Crippen molar-refractivity contribution in [2.45, 2.75) is 36.8 Å². The van der Waals surface area contributed by atoms with Gasteiger partial charge in [0.05, 0.1) is 5.25 Å². The van der Waals surface area contributed by atoms with Crippen LogP contribution in [0.5, 0.6) is 17.2 Å². The van der Waals surface area contributed by atoms with E-state index < -0.39 is 6.36 Å². The Bertz CT molecular complexity index is 963. The monoisotopic (exact) mass is 423 g/mol. The van der Waals surface area contributed by atoms with Gasteiger partial charge in [0.1, 0.15) is 17.2 Å². The van der Waals surface area contributed by atoms with Crippen molar-refractivity contribution in [1.82, 2.24) is 5.32 Å². The van der Waals surface area contributed by atoms with Crippen molar-refractivity contribution in [2.24, 2.45) is 0 Å². The van der Waals surface area contributed by atoms with Gasteiger partial charge in [0.2, 0.25) is 5.91 Å². The third kappa shape index (κ3) is 4.67. The van der Waals surface area contributed by atoms with Crippen LogP contribution >= 0.6 is 11.8 Å². The van der Waals surface area contributed by atoms with Crippen LogP contribution in [0.4, 0.5) is 18.0 Å². The first-order valence-corrected chi connectivity index (χ1v) is 9.83. The van der Waals surface area contributed by atoms with Gasteiger partial charge >= 0.3 is 6.36 Å². The highest BCUT2D eigenvalue weighted by molar-refractivity contribution is 8.15. The fourth-order valence-electron chi connectivity index (χ4n) is 3.67. The average Bonchev–Trinajstić information content (AvgIpc) is 3.16. The number of alkyl halides is 3. The number of carbonyl (C=O) groups is 2. The molecular formula is C20H16F3NO4S. The smallest absolute Gasteiger partial charge is 0.457 e. The molecule has 1 fully saturated rings. The van der Waals surface area contributed by atoms with Crippen molar-refractivity contribution in [3.05, 3.63) is 53.6 Å². The highest BCUT2D eigenvalue weighted by atomic mass is 32.2. The quantitative estimate of drug-likeness (QED) is 0.721. The predicted octanol–water partition coefficient (Wildman–Crippen LogP) is 5.15. The van der Waals surface area contributed by atoms with Gasteiger partial charge in [-0.1, -0.05) is 23.9 Å². The van der Waals surface area contributed by atoms with Gasteiger partial charge in [-0.2, -0.15) is 0 Å². The Balaban J connectivity index is 1.45. The van der Waals surface area contributed by atoms with Crippen molar-refractivity contribution in [3.63, 3.8) is 0 Å². The van der Waals surface area contributed by atoms with Crippen LogP contribution in [-0.2, 0) is 11.2 Å². The Labute approximate surface area is 168 Å². The second-order valence-corrected chi connectivity index (χ2v) is 8.02. The van der Waals surface area contributed by atoms with Crippen LogP contribution in [0.3, 0.4) is 0 Å². The van der Waals surface area contributed by atoms with Crippen molar-refractivity contribution in [1.29, 1.82) is 0 Å². The molecular weight excluding hydrogens is 407 g/mol. The maximum absolute atomic E-state index is 12.4. The summed E-state index contributed by atoms with van der Waals surface area (Å²) >= 11 is 1.03. The molecule has 29 heavy (non-hydrogen) atoms. The van der Waals surface area contributed by atoms with E-state index in [-0.39, 0.29) is 33.8 Å². The summed E-state index contributed by atoms with van der Waals surface area (Å²) < 4.78 is 46.7. The lowest BCUT2D eigenvalue weighted by atomic mass is 9.95. The molecule has 2 aliphatic rings. The first-order valence-electron chi connectivity index (χ1n) is 8.95. The highest BCUT2D eigenvalue weighted by Crippen LogP contribution is 2.41. The summed E-state index contributed by atoms with van der Waals surface area (Å²) in [5.74, 6) is 0.333. The summed E-state index contributed by atoms with van der Waals surface area (Å²) in [5.41, 5.74) is 2.18. The van der Waals surface area contributed by atoms with Crippen LogP contribution in [0.25, 0.3) is 0 Å². The van der Waals surface area contributed by atoms with E-state index in [0.29, 0.717) is 12.2 Å². The fraction of sp³-hybridized carbons (Fsp3) is 0.300. The van der Waals surface area contributed by atoms with Gasteiger partial charge in [-0.25, -0.2) is 0 Å². The molecule has 0 aromatic heterocycles. The van der Waals surface area contributed by atoms with E-state index in [4.69, 9.17) is 4.74 Å². The number of hydrogen-bond donors (Lipinski definition) is 1. The lowest BCUT2D eigenvalue weighted by molar-refractivity contribution is -0.274. The second-order valence-electron chi connectivity index (χ2n) is 6.84. The Kier molecular flexibility index (Phi) is 5.16. The molecule has 1 aliphatic heterocycles. The van der Waals surface area contributed by atoms with Crippen molar-refractivity contribution in [2.75, 3.05) is 0 Å². The van der Waals surface area contributed by atoms with E-state index >= 15 is 0 Å². The number of imide groups is 1. The molecule has 1 aliphatic carbocycles. The van der Waals surface area contributed by atoms with Gasteiger partial charge in [0.15, 0.2) is 0 Å². The fourth-order valence-corrected chi connectivity index (χ4v) is 4.58. The molecule has 2 aromatic rings. The molecule has 1 N–H and O–H groups in total. The normalized spacial score (nSPS) is 21.1. The Morgan fingerprint density at radius 3 is 2.55 bits per heavy atom. The summed E-state index contributed by atoms with van der Waals surface area (Å²) in [6.07, 6.45) is -2.50. The van der Waals surface area contributed by atoms with Crippen LogP contribution in [0, 0.1) is 0 Å². The summed E-state index contributed by atoms with van der Waals surface area (Å²) in [6.45, 7) is 0. The first-order chi connectivity index (χ1) is 13.8. The zero-order chi connectivity index (χ0) is 20.6. The summed E-state index contributed by atoms with van der Waals surface area (Å²) in [6, 6.07) is 10.9. The number of carbonyl (C=O) groups excluding carboxylic acids is 2. The number of thioether (sulfide) groups is 1. The molecule has 2 unspecified atom stereocenters. The maximum atomic E-state index is 12.4. The van der Waals surface area contributed by atoms with Gasteiger partial charge in [-0.3, -0.25) is 14.9 Å². The van der Waals surface area contributed by atoms with E-state index in [2.05, 4.69) is 10.1 Å². The van der Waals surface area contributed by atoms with Crippen molar-refractivity contribution < 1.29 is 32.2 Å². The first kappa shape index (κ1) is 19.6. The number of nitrogens with one attached hydrogen (secondary N) is 1. The van der Waals surface area contributed by atoms with E-state index in [1.54, 1.807) is 12.1 Å². The molecule has 2 amide bonds. The molecule has 1 heterocycles. The molecule has 0 bridgehead atoms. The largest absolute Gasteiger partial charge is 0.573 e. The lowest BCUT2D eigenvalue weighted by Gasteiger charge is -2.15. The van der Waals surface area contributed by atoms with Gasteiger partial charge in [-0.05, 0) is 60.6 Å². The molecule has 9 heteroatoms. The molecule has 4 rings (SSSR count). The van der Waals surface area contributed by atoms with Crippen LogP contribution in [-0.4, -0.2) is 22.8 Å². The van der Waals surface area contributed by atoms with Gasteiger partial charge in [0.25, 0.3) is 5.24 Å². The van der Waals surface area contributed by atoms with Gasteiger partial charge in [-0.15, -0.1) is 13.2 Å². The number of ether oxygens (including phenoxy) is 2. The molecule has 0 radical (unpaired) electrons. The molecule has 5 nitrogen and oxygen atoms in total. The number of aryl methyl sites for hydroxylation is 1. The highest BCUT2D eigenvalue weighted by Gasteiger charge is 2.35. The van der Waals surface area contributed by atoms with Crippen LogP contribution < -0.4 is 14.8 Å². The second kappa shape index (κ2) is 7.62. The average molecular weight is 423 g/mol. The van der Waals surface area contributed by atoms with Crippen LogP contribution in [0.15, 0.2) is 42.5 Å². The molecule has 0 spiro atoms. The number of hydrogen-bond acceptors (Lipinski definition) is 5. The van der Waals surface area contributed by atoms with E-state index in [9.17, 15) is 22.8 Å². The lowest BCUT2D eigenvalue weighted by Crippen LogP contribution is -2.25. The van der Waals surface area contributed by atoms with Crippen LogP contribution in [0.2, 0.25) is 0 Å². The molecule has 2 atom stereocenters. The molecule has 0 saturated carbocycles. The zero-order valence-electron chi connectivity index (χ0n) is 15.0. The topological polar surface area (TPSA) is 64.6 Å². The maximum Gasteiger partial charge on any atom is 0.573 e. The molecule has 152 valence electrons. The molecule has 1 saturated heterocycles. The van der Waals surface area contributed by atoms with Crippen molar-refractivity contribution in [3.8, 4) is 17.2 Å². The number of benzene rings is 2. The Morgan fingerprint density at radius 2 is 1.83 bits per heavy atom. The zero-order valence-corrected chi connectivity index (χ0v) is 15.8. The minimum absolute atomic E-state index is 0.178. The van der Waals surface area contributed by atoms with Gasteiger partial charge < -0.3 is 9.47 Å². The number of halogens is 3. The number of rotatable bonds is 5. The summed E-state index contributed by atoms with van der Waals surface area (Å²) in [5, 5.41) is 1.63. The summed E-state index contributed by atoms with van der Waals surface area (Å²) in [4.78, 5) is 23.1.